The molecule has 1 amide bonds. The van der Waals surface area contributed by atoms with Crippen molar-refractivity contribution in [2.75, 3.05) is 6.54 Å². The van der Waals surface area contributed by atoms with Crippen molar-refractivity contribution in [3.63, 3.8) is 0 Å². The van der Waals surface area contributed by atoms with Gasteiger partial charge in [0.25, 0.3) is 5.91 Å². The van der Waals surface area contributed by atoms with E-state index in [9.17, 15) is 19.8 Å². The van der Waals surface area contributed by atoms with Gasteiger partial charge >= 0.3 is 0 Å². The number of Topliss-reactive ketones (excluding diaryl/α,β-unsaturated/α-hetero) is 1. The van der Waals surface area contributed by atoms with Crippen LogP contribution in [-0.2, 0) is 16.6 Å². The van der Waals surface area contributed by atoms with E-state index < -0.39 is 16.9 Å². The molecule has 4 rings (SSSR count). The number of carbonyl (C=O) groups excluding carboxylic acids is 2. The quantitative estimate of drug-likeness (QED) is 0.588. The maximum atomic E-state index is 12.2. The van der Waals surface area contributed by atoms with Gasteiger partial charge in [0, 0.05) is 29.9 Å². The molecule has 122 valence electrons. The van der Waals surface area contributed by atoms with Crippen LogP contribution in [0.4, 0.5) is 0 Å². The van der Waals surface area contributed by atoms with Crippen LogP contribution in [0.25, 0.3) is 0 Å². The number of nitrogens with one attached hydrogen (secondary N) is 1. The number of fused-ring (bicyclic) bond motifs is 1. The molecule has 3 aliphatic rings. The molecule has 5 N–H and O–H groups in total. The van der Waals surface area contributed by atoms with Gasteiger partial charge in [0.2, 0.25) is 0 Å². The Morgan fingerprint density at radius 2 is 2.13 bits per heavy atom. The number of aromatic hydroxyl groups is 1. The van der Waals surface area contributed by atoms with Gasteiger partial charge in [0.15, 0.2) is 0 Å². The molecule has 3 atom stereocenters. The number of hydrogen-bond acceptors (Lipinski definition) is 5. The maximum Gasteiger partial charge on any atom is 0.252 e. The number of aliphatic hydroxyl groups is 1. The second-order valence-corrected chi connectivity index (χ2v) is 7.04. The van der Waals surface area contributed by atoms with Crippen LogP contribution in [0, 0.1) is 0 Å². The highest BCUT2D eigenvalue weighted by atomic mass is 16.3. The number of hydrogen-bond donors (Lipinski definition) is 4. The van der Waals surface area contributed by atoms with Crippen LogP contribution in [-0.4, -0.2) is 40.1 Å². The van der Waals surface area contributed by atoms with Gasteiger partial charge in [0.1, 0.15) is 11.5 Å². The van der Waals surface area contributed by atoms with Crippen molar-refractivity contribution >= 4 is 11.7 Å². The van der Waals surface area contributed by atoms with E-state index in [-0.39, 0.29) is 29.6 Å². The first-order valence-electron chi connectivity index (χ1n) is 8.02. The molecule has 1 saturated carbocycles. The van der Waals surface area contributed by atoms with Gasteiger partial charge in [-0.25, -0.2) is 0 Å². The van der Waals surface area contributed by atoms with Crippen molar-refractivity contribution in [3.8, 4) is 5.75 Å². The van der Waals surface area contributed by atoms with Gasteiger partial charge in [-0.15, -0.1) is 0 Å². The number of nitrogens with two attached hydrogens (primary N) is 1. The van der Waals surface area contributed by atoms with E-state index in [1.54, 1.807) is 6.07 Å². The second kappa shape index (κ2) is 4.55. The summed E-state index contributed by atoms with van der Waals surface area (Å²) < 4.78 is 0. The van der Waals surface area contributed by atoms with E-state index in [0.717, 1.165) is 5.56 Å². The molecule has 1 aromatic carbocycles. The van der Waals surface area contributed by atoms with Crippen molar-refractivity contribution in [2.45, 2.75) is 49.2 Å². The zero-order chi connectivity index (χ0) is 16.4. The maximum absolute atomic E-state index is 12.2. The molecule has 1 aromatic rings. The molecule has 0 radical (unpaired) electrons. The summed E-state index contributed by atoms with van der Waals surface area (Å²) in [5.41, 5.74) is 4.93. The molecular weight excluding hydrogens is 296 g/mol. The van der Waals surface area contributed by atoms with Gasteiger partial charge in [-0.3, -0.25) is 9.59 Å². The largest absolute Gasteiger partial charge is 0.507 e. The van der Waals surface area contributed by atoms with Crippen LogP contribution < -0.4 is 11.1 Å². The van der Waals surface area contributed by atoms with Crippen LogP contribution >= 0.6 is 0 Å². The minimum atomic E-state index is -1.08. The molecule has 2 bridgehead atoms. The van der Waals surface area contributed by atoms with Crippen LogP contribution in [0.15, 0.2) is 12.1 Å². The number of primary amides is 1. The fourth-order valence-electron chi connectivity index (χ4n) is 5.02. The predicted molar refractivity (Wildman–Crippen MR) is 82.2 cm³/mol. The minimum Gasteiger partial charge on any atom is -0.507 e. The molecule has 1 heterocycles. The number of benzene rings is 1. The van der Waals surface area contributed by atoms with E-state index >= 15 is 0 Å². The Kier molecular flexibility index (Phi) is 2.90. The molecule has 6 heteroatoms. The number of piperidine rings is 1. The van der Waals surface area contributed by atoms with E-state index in [4.69, 9.17) is 5.73 Å². The second-order valence-electron chi connectivity index (χ2n) is 7.04. The Balaban J connectivity index is 2.02. The highest BCUT2D eigenvalue weighted by Gasteiger charge is 2.63. The highest BCUT2D eigenvalue weighted by molar-refractivity contribution is 5.96. The fourth-order valence-corrected chi connectivity index (χ4v) is 5.02. The first-order chi connectivity index (χ1) is 10.9. The van der Waals surface area contributed by atoms with Crippen molar-refractivity contribution in [3.05, 3.63) is 28.8 Å². The monoisotopic (exact) mass is 316 g/mol. The van der Waals surface area contributed by atoms with E-state index in [1.807, 2.05) is 0 Å². The SMILES string of the molecule is NC(=O)c1ccc2c(c1O)[C@]13CCN[C@H](C2)[C@]1(O)CCC(=O)C3. The Labute approximate surface area is 133 Å². The van der Waals surface area contributed by atoms with Gasteiger partial charge < -0.3 is 21.3 Å². The summed E-state index contributed by atoms with van der Waals surface area (Å²) in [6, 6.07) is 3.17. The summed E-state index contributed by atoms with van der Waals surface area (Å²) in [5, 5.41) is 25.5. The normalized spacial score (nSPS) is 35.3. The number of amides is 1. The van der Waals surface area contributed by atoms with E-state index in [2.05, 4.69) is 5.32 Å². The summed E-state index contributed by atoms with van der Waals surface area (Å²) in [6.07, 6.45) is 2.04. The average molecular weight is 316 g/mol. The number of carbonyl (C=O) groups is 2. The van der Waals surface area contributed by atoms with E-state index in [0.29, 0.717) is 37.8 Å². The third kappa shape index (κ3) is 1.70. The Hall–Kier alpha value is -1.92. The molecule has 0 unspecified atom stereocenters. The average Bonchev–Trinajstić information content (AvgIpc) is 2.47. The molecule has 2 fully saturated rings. The topological polar surface area (TPSA) is 113 Å². The Morgan fingerprint density at radius 3 is 2.87 bits per heavy atom. The lowest BCUT2D eigenvalue weighted by molar-refractivity contribution is -0.149. The van der Waals surface area contributed by atoms with Crippen molar-refractivity contribution in [1.82, 2.24) is 5.32 Å². The lowest BCUT2D eigenvalue weighted by atomic mass is 9.49. The summed E-state index contributed by atoms with van der Waals surface area (Å²) in [7, 11) is 0. The first kappa shape index (κ1) is 14.7. The zero-order valence-corrected chi connectivity index (χ0v) is 12.8. The lowest BCUT2D eigenvalue weighted by Gasteiger charge is -2.60. The van der Waals surface area contributed by atoms with Crippen LogP contribution in [0.1, 0.15) is 47.2 Å². The molecule has 0 aromatic heterocycles. The zero-order valence-electron chi connectivity index (χ0n) is 12.8. The highest BCUT2D eigenvalue weighted by Crippen LogP contribution is 2.57. The van der Waals surface area contributed by atoms with E-state index in [1.165, 1.54) is 6.07 Å². The minimum absolute atomic E-state index is 0.0514. The first-order valence-corrected chi connectivity index (χ1v) is 8.02. The summed E-state index contributed by atoms with van der Waals surface area (Å²) in [4.78, 5) is 23.8. The summed E-state index contributed by atoms with van der Waals surface area (Å²) >= 11 is 0. The van der Waals surface area contributed by atoms with Gasteiger partial charge in [0.05, 0.1) is 11.2 Å². The standard InChI is InChI=1S/C17H20N2O4/c18-15(22)11-2-1-9-7-12-17(23)4-3-10(20)8-16(17,5-6-19-12)13(9)14(11)21/h1-2,12,19,21,23H,3-8H2,(H2,18,22)/t12-,16-,17-/m1/s1. The van der Waals surface area contributed by atoms with Crippen molar-refractivity contribution < 1.29 is 19.8 Å². The summed E-state index contributed by atoms with van der Waals surface area (Å²) in [6.45, 7) is 0.667. The van der Waals surface area contributed by atoms with Crippen molar-refractivity contribution in [2.24, 2.45) is 5.73 Å². The Bertz CT molecular complexity index is 732. The number of ketones is 1. The molecule has 2 aliphatic carbocycles. The number of rotatable bonds is 1. The summed E-state index contributed by atoms with van der Waals surface area (Å²) in [5.74, 6) is -0.779. The lowest BCUT2D eigenvalue weighted by Crippen LogP contribution is -2.72. The van der Waals surface area contributed by atoms with Crippen molar-refractivity contribution in [1.29, 1.82) is 0 Å². The van der Waals surface area contributed by atoms with Crippen LogP contribution in [0.3, 0.4) is 0 Å². The molecular formula is C17H20N2O4. The smallest absolute Gasteiger partial charge is 0.252 e. The predicted octanol–water partition coefficient (Wildman–Crippen LogP) is 0.131. The van der Waals surface area contributed by atoms with Gasteiger partial charge in [-0.1, -0.05) is 6.07 Å². The molecule has 1 saturated heterocycles. The van der Waals surface area contributed by atoms with Gasteiger partial charge in [-0.2, -0.15) is 0 Å². The molecule has 1 aliphatic heterocycles. The third-order valence-electron chi connectivity index (χ3n) is 6.06. The van der Waals surface area contributed by atoms with Gasteiger partial charge in [-0.05, 0) is 37.4 Å². The third-order valence-corrected chi connectivity index (χ3v) is 6.06. The number of phenols is 1. The fraction of sp³-hybridized carbons (Fsp3) is 0.529. The Morgan fingerprint density at radius 1 is 1.35 bits per heavy atom. The molecule has 23 heavy (non-hydrogen) atoms. The molecule has 0 spiro atoms. The van der Waals surface area contributed by atoms with Crippen LogP contribution in [0.5, 0.6) is 5.75 Å². The molecule has 6 nitrogen and oxygen atoms in total. The van der Waals surface area contributed by atoms with Crippen LogP contribution in [0.2, 0.25) is 0 Å².